The lowest BCUT2D eigenvalue weighted by Gasteiger charge is -2.19. The Morgan fingerprint density at radius 3 is 2.62 bits per heavy atom. The van der Waals surface area contributed by atoms with Crippen LogP contribution in [0.25, 0.3) is 22.0 Å². The smallest absolute Gasteiger partial charge is 0.328 e. The molecule has 0 aliphatic rings. The first-order valence-electron chi connectivity index (χ1n) is 7.64. The van der Waals surface area contributed by atoms with Crippen molar-refractivity contribution < 1.29 is 18.7 Å². The first-order chi connectivity index (χ1) is 11.1. The predicted octanol–water partition coefficient (Wildman–Crippen LogP) is 3.03. The Balaban J connectivity index is 2.11. The van der Waals surface area contributed by atoms with Crippen molar-refractivity contribution in [3.05, 3.63) is 23.7 Å². The molecule has 0 saturated carbocycles. The van der Waals surface area contributed by atoms with Crippen LogP contribution in [-0.2, 0) is 16.1 Å². The number of carbonyl (C=O) groups excluding carboxylic acids is 2. The Hall–Kier alpha value is -2.70. The summed E-state index contributed by atoms with van der Waals surface area (Å²) in [5.74, 6) is -0.0642. The molecular weight excluding hydrogens is 310 g/mol. The van der Waals surface area contributed by atoms with Crippen LogP contribution in [0.5, 0.6) is 0 Å². The van der Waals surface area contributed by atoms with Gasteiger partial charge < -0.3 is 9.15 Å². The lowest BCUT2D eigenvalue weighted by molar-refractivity contribution is -0.155. The van der Waals surface area contributed by atoms with E-state index < -0.39 is 11.6 Å². The number of fused-ring (bicyclic) bond motifs is 2. The fourth-order valence-electron chi connectivity index (χ4n) is 2.59. The van der Waals surface area contributed by atoms with Crippen LogP contribution >= 0.6 is 0 Å². The molecule has 2 heterocycles. The zero-order chi connectivity index (χ0) is 17.6. The van der Waals surface area contributed by atoms with Gasteiger partial charge in [0.1, 0.15) is 23.4 Å². The van der Waals surface area contributed by atoms with Crippen molar-refractivity contribution in [2.24, 2.45) is 0 Å². The number of benzene rings is 1. The molecule has 0 atom stereocenters. The summed E-state index contributed by atoms with van der Waals surface area (Å²) in [5.41, 5.74) is 1.59. The molecule has 0 saturated heterocycles. The minimum Gasteiger partial charge on any atom is -0.459 e. The summed E-state index contributed by atoms with van der Waals surface area (Å²) in [7, 11) is 0. The maximum Gasteiger partial charge on any atom is 0.328 e. The van der Waals surface area contributed by atoms with Gasteiger partial charge in [-0.25, -0.2) is 4.98 Å². The first kappa shape index (κ1) is 16.2. The summed E-state index contributed by atoms with van der Waals surface area (Å²) < 4.78 is 12.3. The zero-order valence-corrected chi connectivity index (χ0v) is 14.3. The highest BCUT2D eigenvalue weighted by molar-refractivity contribution is 6.07. The average Bonchev–Trinajstić information content (AvgIpc) is 2.93. The number of hydrogen-bond acceptors (Lipinski definition) is 6. The number of ether oxygens (including phenoxy) is 1. The van der Waals surface area contributed by atoms with Crippen LogP contribution in [0.2, 0.25) is 0 Å². The summed E-state index contributed by atoms with van der Waals surface area (Å²) in [6, 6.07) is 3.50. The quantitative estimate of drug-likeness (QED) is 0.542. The second-order valence-electron chi connectivity index (χ2n) is 6.72. The third kappa shape index (κ3) is 3.02. The molecule has 0 bridgehead atoms. The van der Waals surface area contributed by atoms with E-state index in [0.717, 1.165) is 0 Å². The van der Waals surface area contributed by atoms with Crippen LogP contribution in [0.1, 0.15) is 44.1 Å². The average molecular weight is 329 g/mol. The number of esters is 1. The number of Topliss-reactive ketones (excluding diaryl/α,β-unsaturated/α-hetero) is 1. The van der Waals surface area contributed by atoms with Gasteiger partial charge in [0.2, 0.25) is 0 Å². The maximum absolute atomic E-state index is 12.1. The molecule has 24 heavy (non-hydrogen) atoms. The molecule has 0 aliphatic carbocycles. The lowest BCUT2D eigenvalue weighted by atomic mass is 10.1. The standard InChI is InChI=1S/C17H19N3O4/c1-9(21)16-11-6-14-12(18-10(2)23-14)7-13(11)20(19-16)8-15(22)24-17(3,4)5/h6-7H,8H2,1-5H3. The number of oxazole rings is 1. The fraction of sp³-hybridized carbons (Fsp3) is 0.412. The van der Waals surface area contributed by atoms with Gasteiger partial charge in [-0.2, -0.15) is 5.10 Å². The molecule has 0 spiro atoms. The molecule has 0 aliphatic heterocycles. The van der Waals surface area contributed by atoms with Crippen LogP contribution in [0.3, 0.4) is 0 Å². The SMILES string of the molecule is CC(=O)c1nn(CC(=O)OC(C)(C)C)c2cc3nc(C)oc3cc12. The minimum absolute atomic E-state index is 0.0800. The molecule has 0 unspecified atom stereocenters. The third-order valence-corrected chi connectivity index (χ3v) is 3.40. The van der Waals surface area contributed by atoms with Crippen LogP contribution < -0.4 is 0 Å². The van der Waals surface area contributed by atoms with E-state index in [4.69, 9.17) is 9.15 Å². The number of aromatic nitrogens is 3. The van der Waals surface area contributed by atoms with Gasteiger partial charge >= 0.3 is 5.97 Å². The molecule has 0 radical (unpaired) electrons. The maximum atomic E-state index is 12.1. The second kappa shape index (κ2) is 5.43. The number of rotatable bonds is 3. The van der Waals surface area contributed by atoms with E-state index in [1.54, 1.807) is 39.8 Å². The molecule has 3 rings (SSSR count). The normalized spacial score (nSPS) is 12.0. The van der Waals surface area contributed by atoms with Gasteiger partial charge in [-0.1, -0.05) is 0 Å². The van der Waals surface area contributed by atoms with Crippen molar-refractivity contribution in [3.63, 3.8) is 0 Å². The van der Waals surface area contributed by atoms with Gasteiger partial charge in [0.25, 0.3) is 0 Å². The summed E-state index contributed by atoms with van der Waals surface area (Å²) in [5, 5.41) is 4.91. The highest BCUT2D eigenvalue weighted by Gasteiger charge is 2.21. The van der Waals surface area contributed by atoms with E-state index in [1.165, 1.54) is 11.6 Å². The van der Waals surface area contributed by atoms with Crippen molar-refractivity contribution >= 4 is 33.8 Å². The second-order valence-corrected chi connectivity index (χ2v) is 6.72. The van der Waals surface area contributed by atoms with Crippen molar-refractivity contribution in [3.8, 4) is 0 Å². The number of carbonyl (C=O) groups is 2. The van der Waals surface area contributed by atoms with Crippen LogP contribution in [0.15, 0.2) is 16.5 Å². The highest BCUT2D eigenvalue weighted by Crippen LogP contribution is 2.26. The third-order valence-electron chi connectivity index (χ3n) is 3.40. The van der Waals surface area contributed by atoms with Crippen LogP contribution in [-0.4, -0.2) is 32.1 Å². The first-order valence-corrected chi connectivity index (χ1v) is 7.64. The van der Waals surface area contributed by atoms with Gasteiger partial charge in [-0.3, -0.25) is 14.3 Å². The Labute approximate surface area is 138 Å². The molecule has 0 fully saturated rings. The van der Waals surface area contributed by atoms with E-state index >= 15 is 0 Å². The predicted molar refractivity (Wildman–Crippen MR) is 87.9 cm³/mol. The number of ketones is 1. The fourth-order valence-corrected chi connectivity index (χ4v) is 2.59. The monoisotopic (exact) mass is 329 g/mol. The summed E-state index contributed by atoms with van der Waals surface area (Å²) in [4.78, 5) is 28.3. The van der Waals surface area contributed by atoms with Crippen LogP contribution in [0, 0.1) is 6.92 Å². The Morgan fingerprint density at radius 1 is 1.29 bits per heavy atom. The summed E-state index contributed by atoms with van der Waals surface area (Å²) in [6.45, 7) is 8.51. The molecule has 2 aromatic heterocycles. The summed E-state index contributed by atoms with van der Waals surface area (Å²) in [6.07, 6.45) is 0. The molecule has 0 amide bonds. The number of nitrogens with zero attached hydrogens (tertiary/aromatic N) is 3. The summed E-state index contributed by atoms with van der Waals surface area (Å²) >= 11 is 0. The lowest BCUT2D eigenvalue weighted by Crippen LogP contribution is -2.26. The Morgan fingerprint density at radius 2 is 2.00 bits per heavy atom. The number of aryl methyl sites for hydroxylation is 1. The van der Waals surface area contributed by atoms with Gasteiger partial charge in [-0.05, 0) is 32.9 Å². The molecule has 7 nitrogen and oxygen atoms in total. The van der Waals surface area contributed by atoms with E-state index in [-0.39, 0.29) is 12.3 Å². The topological polar surface area (TPSA) is 87.2 Å². The van der Waals surface area contributed by atoms with Crippen molar-refractivity contribution in [2.45, 2.75) is 46.8 Å². The van der Waals surface area contributed by atoms with Gasteiger partial charge in [-0.15, -0.1) is 0 Å². The van der Waals surface area contributed by atoms with E-state index in [9.17, 15) is 9.59 Å². The zero-order valence-electron chi connectivity index (χ0n) is 14.3. The highest BCUT2D eigenvalue weighted by atomic mass is 16.6. The van der Waals surface area contributed by atoms with E-state index in [2.05, 4.69) is 10.1 Å². The van der Waals surface area contributed by atoms with Crippen molar-refractivity contribution in [1.29, 1.82) is 0 Å². The Bertz CT molecular complexity index is 960. The van der Waals surface area contributed by atoms with E-state index in [0.29, 0.717) is 33.6 Å². The molecule has 7 heteroatoms. The van der Waals surface area contributed by atoms with Gasteiger partial charge in [0, 0.05) is 19.2 Å². The molecule has 0 N–H and O–H groups in total. The molecule has 3 aromatic rings. The van der Waals surface area contributed by atoms with Crippen molar-refractivity contribution in [1.82, 2.24) is 14.8 Å². The minimum atomic E-state index is -0.583. The van der Waals surface area contributed by atoms with Gasteiger partial charge in [0.05, 0.1) is 5.52 Å². The van der Waals surface area contributed by atoms with Gasteiger partial charge in [0.15, 0.2) is 17.3 Å². The largest absolute Gasteiger partial charge is 0.459 e. The molecular formula is C17H19N3O4. The Kier molecular flexibility index (Phi) is 3.66. The van der Waals surface area contributed by atoms with E-state index in [1.807, 2.05) is 0 Å². The number of hydrogen-bond donors (Lipinski definition) is 0. The molecule has 1 aromatic carbocycles. The molecule has 126 valence electrons. The van der Waals surface area contributed by atoms with Crippen molar-refractivity contribution in [2.75, 3.05) is 0 Å². The van der Waals surface area contributed by atoms with Crippen LogP contribution in [0.4, 0.5) is 0 Å².